The van der Waals surface area contributed by atoms with Crippen molar-refractivity contribution >= 4 is 0 Å². The minimum atomic E-state index is 0.912. The van der Waals surface area contributed by atoms with Crippen molar-refractivity contribution in [2.45, 2.75) is 33.9 Å². The Labute approximate surface area is 98.6 Å². The van der Waals surface area contributed by atoms with Crippen molar-refractivity contribution in [2.24, 2.45) is 0 Å². The van der Waals surface area contributed by atoms with Crippen LogP contribution in [0.5, 0.6) is 0 Å². The van der Waals surface area contributed by atoms with Crippen LogP contribution in [0, 0.1) is 0 Å². The van der Waals surface area contributed by atoms with E-state index < -0.39 is 0 Å². The van der Waals surface area contributed by atoms with Gasteiger partial charge in [0.15, 0.2) is 0 Å². The van der Waals surface area contributed by atoms with Gasteiger partial charge in [0.2, 0.25) is 0 Å². The van der Waals surface area contributed by atoms with E-state index >= 15 is 0 Å². The van der Waals surface area contributed by atoms with Gasteiger partial charge in [-0.15, -0.1) is 0 Å². The lowest BCUT2D eigenvalue weighted by atomic mass is 10.4. The van der Waals surface area contributed by atoms with Crippen LogP contribution in [-0.2, 0) is 13.1 Å². The zero-order valence-corrected chi connectivity index (χ0v) is 10.7. The molecule has 0 unspecified atom stereocenters. The molecular formula is C12H24N4. The molecule has 0 spiro atoms. The monoisotopic (exact) mass is 224 g/mol. The molecule has 92 valence electrons. The Morgan fingerprint density at radius 3 is 2.69 bits per heavy atom. The molecule has 0 aromatic carbocycles. The Kier molecular flexibility index (Phi) is 6.11. The molecule has 1 N–H and O–H groups in total. The van der Waals surface area contributed by atoms with Gasteiger partial charge in [0.1, 0.15) is 0 Å². The van der Waals surface area contributed by atoms with E-state index in [0.29, 0.717) is 0 Å². The number of nitrogens with zero attached hydrogens (tertiary/aromatic N) is 3. The van der Waals surface area contributed by atoms with Gasteiger partial charge in [0, 0.05) is 32.4 Å². The fraction of sp³-hybridized carbons (Fsp3) is 0.750. The summed E-state index contributed by atoms with van der Waals surface area (Å²) in [4.78, 5) is 2.42. The van der Waals surface area contributed by atoms with Crippen molar-refractivity contribution in [1.82, 2.24) is 20.0 Å². The molecule has 4 heteroatoms. The van der Waals surface area contributed by atoms with Crippen LogP contribution in [-0.4, -0.2) is 40.9 Å². The lowest BCUT2D eigenvalue weighted by Crippen LogP contribution is -2.32. The topological polar surface area (TPSA) is 33.1 Å². The van der Waals surface area contributed by atoms with Crippen molar-refractivity contribution in [2.75, 3.05) is 26.2 Å². The van der Waals surface area contributed by atoms with Crippen molar-refractivity contribution in [3.05, 3.63) is 18.0 Å². The maximum Gasteiger partial charge on any atom is 0.0521 e. The van der Waals surface area contributed by atoms with E-state index in [2.05, 4.69) is 42.2 Å². The number of hydrogen-bond acceptors (Lipinski definition) is 3. The molecule has 0 aliphatic rings. The van der Waals surface area contributed by atoms with Gasteiger partial charge < -0.3 is 10.2 Å². The molecule has 1 aromatic heterocycles. The summed E-state index contributed by atoms with van der Waals surface area (Å²) in [6, 6.07) is 2.08. The predicted molar refractivity (Wildman–Crippen MR) is 67.4 cm³/mol. The second-order valence-electron chi connectivity index (χ2n) is 3.84. The Balaban J connectivity index is 2.20. The molecule has 0 saturated carbocycles. The van der Waals surface area contributed by atoms with E-state index in [-0.39, 0.29) is 0 Å². The molecule has 1 heterocycles. The van der Waals surface area contributed by atoms with Gasteiger partial charge in [-0.05, 0) is 26.1 Å². The average molecular weight is 224 g/mol. The number of rotatable bonds is 8. The summed E-state index contributed by atoms with van der Waals surface area (Å²) in [6.07, 6.45) is 1.87. The minimum Gasteiger partial charge on any atom is -0.310 e. The summed E-state index contributed by atoms with van der Waals surface area (Å²) in [5.74, 6) is 0. The van der Waals surface area contributed by atoms with Crippen LogP contribution >= 0.6 is 0 Å². The van der Waals surface area contributed by atoms with Crippen molar-refractivity contribution in [1.29, 1.82) is 0 Å². The summed E-state index contributed by atoms with van der Waals surface area (Å²) in [5.41, 5.74) is 1.27. The first-order valence-corrected chi connectivity index (χ1v) is 6.25. The molecular weight excluding hydrogens is 200 g/mol. The zero-order valence-electron chi connectivity index (χ0n) is 10.7. The van der Waals surface area contributed by atoms with Gasteiger partial charge in [-0.2, -0.15) is 5.10 Å². The van der Waals surface area contributed by atoms with Crippen LogP contribution in [0.2, 0.25) is 0 Å². The summed E-state index contributed by atoms with van der Waals surface area (Å²) in [5, 5.41) is 7.71. The second-order valence-corrected chi connectivity index (χ2v) is 3.84. The van der Waals surface area contributed by atoms with Crippen LogP contribution in [0.15, 0.2) is 12.3 Å². The van der Waals surface area contributed by atoms with Gasteiger partial charge in [-0.1, -0.05) is 13.8 Å². The standard InChI is InChI=1S/C12H24N4/c1-4-15(5-2)10-9-13-11-12-7-8-14-16(12)6-3/h7-8,13H,4-6,9-11H2,1-3H3. The third-order valence-electron chi connectivity index (χ3n) is 2.91. The first kappa shape index (κ1) is 13.2. The molecule has 0 aliphatic heterocycles. The molecule has 0 atom stereocenters. The summed E-state index contributed by atoms with van der Waals surface area (Å²) in [7, 11) is 0. The van der Waals surface area contributed by atoms with E-state index in [1.54, 1.807) is 0 Å². The van der Waals surface area contributed by atoms with E-state index in [4.69, 9.17) is 0 Å². The molecule has 0 aliphatic carbocycles. The van der Waals surface area contributed by atoms with Crippen molar-refractivity contribution < 1.29 is 0 Å². The molecule has 0 bridgehead atoms. The van der Waals surface area contributed by atoms with E-state index in [9.17, 15) is 0 Å². The number of likely N-dealkylation sites (N-methyl/N-ethyl adjacent to an activating group) is 1. The molecule has 16 heavy (non-hydrogen) atoms. The van der Waals surface area contributed by atoms with Gasteiger partial charge in [-0.25, -0.2) is 0 Å². The van der Waals surface area contributed by atoms with E-state index in [1.807, 2.05) is 10.9 Å². The summed E-state index contributed by atoms with van der Waals surface area (Å²) >= 11 is 0. The molecule has 0 radical (unpaired) electrons. The maximum absolute atomic E-state index is 4.25. The highest BCUT2D eigenvalue weighted by Crippen LogP contribution is 1.97. The van der Waals surface area contributed by atoms with E-state index in [1.165, 1.54) is 5.69 Å². The quantitative estimate of drug-likeness (QED) is 0.676. The second kappa shape index (κ2) is 7.41. The highest BCUT2D eigenvalue weighted by atomic mass is 15.3. The van der Waals surface area contributed by atoms with Crippen LogP contribution < -0.4 is 5.32 Å². The van der Waals surface area contributed by atoms with Gasteiger partial charge in [0.25, 0.3) is 0 Å². The Hall–Kier alpha value is -0.870. The Morgan fingerprint density at radius 2 is 2.06 bits per heavy atom. The molecule has 1 rings (SSSR count). The number of aryl methyl sites for hydroxylation is 1. The fourth-order valence-electron chi connectivity index (χ4n) is 1.79. The normalized spacial score (nSPS) is 11.2. The predicted octanol–water partition coefficient (Wildman–Crippen LogP) is 1.33. The SMILES string of the molecule is CCN(CC)CCNCc1ccnn1CC. The highest BCUT2D eigenvalue weighted by Gasteiger charge is 2.01. The summed E-state index contributed by atoms with van der Waals surface area (Å²) in [6.45, 7) is 12.8. The van der Waals surface area contributed by atoms with Crippen molar-refractivity contribution in [3.8, 4) is 0 Å². The number of aromatic nitrogens is 2. The molecule has 0 amide bonds. The van der Waals surface area contributed by atoms with E-state index in [0.717, 1.165) is 39.3 Å². The zero-order chi connectivity index (χ0) is 11.8. The third kappa shape index (κ3) is 3.94. The van der Waals surface area contributed by atoms with Gasteiger partial charge in [-0.3, -0.25) is 4.68 Å². The summed E-state index contributed by atoms with van der Waals surface area (Å²) < 4.78 is 2.03. The third-order valence-corrected chi connectivity index (χ3v) is 2.91. The number of hydrogen-bond donors (Lipinski definition) is 1. The van der Waals surface area contributed by atoms with Gasteiger partial charge >= 0.3 is 0 Å². The average Bonchev–Trinajstić information content (AvgIpc) is 2.77. The Bertz CT molecular complexity index is 278. The number of nitrogens with one attached hydrogen (secondary N) is 1. The first-order valence-electron chi connectivity index (χ1n) is 6.25. The molecule has 0 saturated heterocycles. The van der Waals surface area contributed by atoms with Gasteiger partial charge in [0.05, 0.1) is 5.69 Å². The largest absolute Gasteiger partial charge is 0.310 e. The van der Waals surface area contributed by atoms with Crippen LogP contribution in [0.4, 0.5) is 0 Å². The lowest BCUT2D eigenvalue weighted by Gasteiger charge is -2.18. The first-order chi connectivity index (χ1) is 7.81. The van der Waals surface area contributed by atoms with Crippen LogP contribution in [0.1, 0.15) is 26.5 Å². The van der Waals surface area contributed by atoms with Crippen LogP contribution in [0.3, 0.4) is 0 Å². The highest BCUT2D eigenvalue weighted by molar-refractivity contribution is 4.99. The maximum atomic E-state index is 4.25. The van der Waals surface area contributed by atoms with Crippen molar-refractivity contribution in [3.63, 3.8) is 0 Å². The van der Waals surface area contributed by atoms with Crippen LogP contribution in [0.25, 0.3) is 0 Å². The smallest absolute Gasteiger partial charge is 0.0521 e. The fourth-order valence-corrected chi connectivity index (χ4v) is 1.79. The minimum absolute atomic E-state index is 0.912. The molecule has 4 nitrogen and oxygen atoms in total. The molecule has 1 aromatic rings. The lowest BCUT2D eigenvalue weighted by molar-refractivity contribution is 0.301. The molecule has 0 fully saturated rings. The Morgan fingerprint density at radius 1 is 1.31 bits per heavy atom.